The molecule has 41 heavy (non-hydrogen) atoms. The molecule has 0 aliphatic carbocycles. The van der Waals surface area contributed by atoms with Gasteiger partial charge in [0.05, 0.1) is 5.69 Å². The first kappa shape index (κ1) is 27.2. The van der Waals surface area contributed by atoms with Crippen LogP contribution in [0.3, 0.4) is 0 Å². The van der Waals surface area contributed by atoms with E-state index in [-0.39, 0.29) is 11.6 Å². The summed E-state index contributed by atoms with van der Waals surface area (Å²) in [5.74, 6) is 1.77. The lowest BCUT2D eigenvalue weighted by molar-refractivity contribution is 0.143. The molecule has 1 saturated heterocycles. The van der Waals surface area contributed by atoms with Crippen molar-refractivity contribution in [2.75, 3.05) is 13.2 Å². The summed E-state index contributed by atoms with van der Waals surface area (Å²) in [6.07, 6.45) is 6.71. The van der Waals surface area contributed by atoms with E-state index >= 15 is 0 Å². The van der Waals surface area contributed by atoms with Crippen LogP contribution in [-0.2, 0) is 4.74 Å². The Morgan fingerprint density at radius 2 is 1.93 bits per heavy atom. The van der Waals surface area contributed by atoms with Crippen molar-refractivity contribution in [3.63, 3.8) is 0 Å². The minimum absolute atomic E-state index is 0.195. The van der Waals surface area contributed by atoms with Gasteiger partial charge in [-0.15, -0.1) is 0 Å². The summed E-state index contributed by atoms with van der Waals surface area (Å²) in [6.45, 7) is 5.41. The highest BCUT2D eigenvalue weighted by Crippen LogP contribution is 2.30. The van der Waals surface area contributed by atoms with E-state index in [0.717, 1.165) is 62.0 Å². The van der Waals surface area contributed by atoms with Crippen molar-refractivity contribution in [2.24, 2.45) is 4.99 Å². The number of ether oxygens (including phenoxy) is 1. The van der Waals surface area contributed by atoms with Gasteiger partial charge in [0.1, 0.15) is 11.3 Å². The monoisotopic (exact) mass is 569 g/mol. The van der Waals surface area contributed by atoms with Crippen LogP contribution in [0.2, 0.25) is 5.02 Å². The van der Waals surface area contributed by atoms with Gasteiger partial charge in [-0.25, -0.2) is 4.99 Å². The molecule has 1 fully saturated rings. The quantitative estimate of drug-likeness (QED) is 0.347. The number of para-hydroxylation sites is 1. The molecule has 210 valence electrons. The number of halogens is 1. The van der Waals surface area contributed by atoms with Crippen LogP contribution < -0.4 is 21.6 Å². The molecule has 0 radical (unpaired) electrons. The second kappa shape index (κ2) is 11.8. The van der Waals surface area contributed by atoms with E-state index < -0.39 is 0 Å². The Hall–Kier alpha value is -4.01. The first-order chi connectivity index (χ1) is 20.0. The molecule has 1 unspecified atom stereocenters. The number of aryl methyl sites for hydroxylation is 1. The largest absolute Gasteiger partial charge is 0.381 e. The number of pyridine rings is 1. The predicted octanol–water partition coefficient (Wildman–Crippen LogP) is 5.10. The SMILES string of the molecule is CCC1=C(NC2CCCOCC2)N=c2c(cc(-c3ccc(-c4noc(C)n4)cc3Cl)c(=O)n2-c2ccccc2)=CC1. The van der Waals surface area contributed by atoms with Gasteiger partial charge >= 0.3 is 0 Å². The number of hydrogen-bond donors (Lipinski definition) is 1. The third-order valence-corrected chi connectivity index (χ3v) is 7.92. The molecule has 4 heterocycles. The van der Waals surface area contributed by atoms with Crippen molar-refractivity contribution in [2.45, 2.75) is 52.0 Å². The smallest absolute Gasteiger partial charge is 0.264 e. The zero-order valence-electron chi connectivity index (χ0n) is 23.2. The third kappa shape index (κ3) is 5.62. The predicted molar refractivity (Wildman–Crippen MR) is 159 cm³/mol. The Morgan fingerprint density at radius 1 is 1.07 bits per heavy atom. The van der Waals surface area contributed by atoms with Crippen molar-refractivity contribution in [3.8, 4) is 28.2 Å². The Bertz CT molecular complexity index is 1780. The minimum Gasteiger partial charge on any atom is -0.381 e. The highest BCUT2D eigenvalue weighted by molar-refractivity contribution is 6.33. The number of aromatic nitrogens is 3. The number of benzene rings is 2. The van der Waals surface area contributed by atoms with Crippen molar-refractivity contribution in [1.82, 2.24) is 20.0 Å². The zero-order valence-corrected chi connectivity index (χ0v) is 23.9. The van der Waals surface area contributed by atoms with Crippen molar-refractivity contribution in [1.29, 1.82) is 0 Å². The van der Waals surface area contributed by atoms with Crippen LogP contribution in [0.15, 0.2) is 80.3 Å². The number of hydrogen-bond acceptors (Lipinski definition) is 7. The van der Waals surface area contributed by atoms with Crippen molar-refractivity contribution >= 4 is 17.7 Å². The fourth-order valence-electron chi connectivity index (χ4n) is 5.39. The summed E-state index contributed by atoms with van der Waals surface area (Å²) in [5, 5.41) is 9.01. The maximum atomic E-state index is 14.3. The lowest BCUT2D eigenvalue weighted by Crippen LogP contribution is -2.43. The third-order valence-electron chi connectivity index (χ3n) is 7.60. The molecule has 2 aromatic heterocycles. The van der Waals surface area contributed by atoms with Gasteiger partial charge in [0.25, 0.3) is 5.56 Å². The number of allylic oxidation sites excluding steroid dienone is 1. The molecule has 0 saturated carbocycles. The lowest BCUT2D eigenvalue weighted by atomic mass is 10.0. The fourth-order valence-corrected chi connectivity index (χ4v) is 5.68. The van der Waals surface area contributed by atoms with Crippen LogP contribution in [-0.4, -0.2) is 34.0 Å². The molecule has 2 aliphatic rings. The molecule has 0 amide bonds. The first-order valence-electron chi connectivity index (χ1n) is 14.1. The van der Waals surface area contributed by atoms with Crippen LogP contribution in [0, 0.1) is 6.92 Å². The highest BCUT2D eigenvalue weighted by Gasteiger charge is 2.20. The molecule has 2 aromatic carbocycles. The van der Waals surface area contributed by atoms with Crippen LogP contribution in [0.4, 0.5) is 0 Å². The standard InChI is InChI=1S/C32H32ClN5O3/c1-3-21-11-12-23-18-27(26-14-13-22(19-28(26)33)30-34-20(2)41-37-30)32(39)38(25-9-5-4-6-10-25)31(23)36-29(21)35-24-8-7-16-40-17-15-24/h4-6,9-10,12-14,18-19,24,35H,3,7-8,11,15-17H2,1-2H3. The molecule has 0 spiro atoms. The summed E-state index contributed by atoms with van der Waals surface area (Å²) >= 11 is 6.80. The Morgan fingerprint density at radius 3 is 2.68 bits per heavy atom. The average molecular weight is 570 g/mol. The van der Waals surface area contributed by atoms with Gasteiger partial charge in [-0.3, -0.25) is 9.36 Å². The van der Waals surface area contributed by atoms with Gasteiger partial charge in [-0.05, 0) is 61.9 Å². The molecule has 0 bridgehead atoms. The topological polar surface area (TPSA) is 94.5 Å². The number of nitrogens with zero attached hydrogens (tertiary/aromatic N) is 4. The zero-order chi connectivity index (χ0) is 28.3. The van der Waals surface area contributed by atoms with Crippen molar-refractivity contribution in [3.05, 3.63) is 98.0 Å². The minimum atomic E-state index is -0.195. The van der Waals surface area contributed by atoms with Gasteiger partial charge in [-0.1, -0.05) is 60.1 Å². The summed E-state index contributed by atoms with van der Waals surface area (Å²) in [5.41, 5.74) is 4.20. The van der Waals surface area contributed by atoms with Gasteiger partial charge < -0.3 is 14.6 Å². The van der Waals surface area contributed by atoms with E-state index in [1.54, 1.807) is 17.6 Å². The maximum Gasteiger partial charge on any atom is 0.264 e. The van der Waals surface area contributed by atoms with E-state index in [4.69, 9.17) is 25.9 Å². The summed E-state index contributed by atoms with van der Waals surface area (Å²) < 4.78 is 12.5. The van der Waals surface area contributed by atoms with E-state index in [0.29, 0.717) is 38.9 Å². The fraction of sp³-hybridized carbons (Fsp3) is 0.312. The molecular weight excluding hydrogens is 538 g/mol. The molecule has 8 nitrogen and oxygen atoms in total. The Balaban J connectivity index is 1.52. The van der Waals surface area contributed by atoms with Gasteiger partial charge in [0.15, 0.2) is 0 Å². The van der Waals surface area contributed by atoms with Crippen LogP contribution in [0.25, 0.3) is 34.3 Å². The molecule has 1 atom stereocenters. The summed E-state index contributed by atoms with van der Waals surface area (Å²) in [6, 6.07) is 17.3. The molecule has 2 aliphatic heterocycles. The molecular formula is C32H32ClN5O3. The lowest BCUT2D eigenvalue weighted by Gasteiger charge is -2.19. The van der Waals surface area contributed by atoms with Crippen LogP contribution in [0.1, 0.15) is 44.9 Å². The van der Waals surface area contributed by atoms with E-state index in [1.165, 1.54) is 5.57 Å². The van der Waals surface area contributed by atoms with Gasteiger partial charge in [-0.2, -0.15) is 4.98 Å². The molecule has 1 N–H and O–H groups in total. The van der Waals surface area contributed by atoms with Crippen LogP contribution in [0.5, 0.6) is 0 Å². The Labute approximate surface area is 243 Å². The molecule has 9 heteroatoms. The van der Waals surface area contributed by atoms with Crippen LogP contribution >= 0.6 is 11.6 Å². The molecule has 4 aromatic rings. The summed E-state index contributed by atoms with van der Waals surface area (Å²) in [4.78, 5) is 23.8. The second-order valence-corrected chi connectivity index (χ2v) is 10.8. The Kier molecular flexibility index (Phi) is 7.85. The van der Waals surface area contributed by atoms with Crippen molar-refractivity contribution < 1.29 is 9.26 Å². The highest BCUT2D eigenvalue weighted by atomic mass is 35.5. The summed E-state index contributed by atoms with van der Waals surface area (Å²) in [7, 11) is 0. The molecule has 6 rings (SSSR count). The van der Waals surface area contributed by atoms with E-state index in [9.17, 15) is 4.79 Å². The second-order valence-electron chi connectivity index (χ2n) is 10.4. The average Bonchev–Trinajstić information content (AvgIpc) is 3.15. The number of nitrogens with one attached hydrogen (secondary N) is 1. The van der Waals surface area contributed by atoms with E-state index in [1.807, 2.05) is 48.5 Å². The van der Waals surface area contributed by atoms with Gasteiger partial charge in [0, 0.05) is 53.1 Å². The first-order valence-corrected chi connectivity index (χ1v) is 14.5. The normalized spacial score (nSPS) is 17.2. The van der Waals surface area contributed by atoms with E-state index in [2.05, 4.69) is 28.5 Å². The number of fused-ring (bicyclic) bond motifs is 1. The maximum absolute atomic E-state index is 14.3. The number of rotatable bonds is 6. The van der Waals surface area contributed by atoms with Gasteiger partial charge in [0.2, 0.25) is 11.7 Å².